The molecule has 0 amide bonds. The number of nitrogens with zero attached hydrogens (tertiary/aromatic N) is 2. The van der Waals surface area contributed by atoms with Crippen molar-refractivity contribution >= 4 is 38.9 Å². The number of hydrogen-bond donors (Lipinski definition) is 1. The minimum Gasteiger partial charge on any atom is -0.304 e. The fourth-order valence-electron chi connectivity index (χ4n) is 1.85. The first-order valence-corrected chi connectivity index (χ1v) is 7.78. The third-order valence-corrected chi connectivity index (χ3v) is 4.67. The molecule has 2 heterocycles. The lowest BCUT2D eigenvalue weighted by Gasteiger charge is -2.18. The van der Waals surface area contributed by atoms with E-state index in [1.165, 1.54) is 4.88 Å². The Morgan fingerprint density at radius 2 is 2.33 bits per heavy atom. The van der Waals surface area contributed by atoms with Crippen molar-refractivity contribution in [2.45, 2.75) is 19.4 Å². The molecule has 98 valence electrons. The molecule has 0 saturated heterocycles. The molecule has 0 aliphatic rings. The zero-order valence-electron chi connectivity index (χ0n) is 10.3. The van der Waals surface area contributed by atoms with Crippen LogP contribution >= 0.6 is 38.9 Å². The van der Waals surface area contributed by atoms with E-state index in [4.69, 9.17) is 11.6 Å². The zero-order valence-corrected chi connectivity index (χ0v) is 13.4. The van der Waals surface area contributed by atoms with Crippen molar-refractivity contribution in [3.05, 3.63) is 37.7 Å². The van der Waals surface area contributed by atoms with E-state index in [1.807, 2.05) is 11.7 Å². The number of thiophene rings is 1. The summed E-state index contributed by atoms with van der Waals surface area (Å²) in [4.78, 5) is 1.24. The van der Waals surface area contributed by atoms with Gasteiger partial charge in [-0.2, -0.15) is 5.10 Å². The molecule has 1 N–H and O–H groups in total. The van der Waals surface area contributed by atoms with Crippen LogP contribution in [0.5, 0.6) is 0 Å². The fraction of sp³-hybridized carbons (Fsp3) is 0.417. The van der Waals surface area contributed by atoms with Gasteiger partial charge in [-0.1, -0.05) is 18.5 Å². The maximum absolute atomic E-state index is 6.25. The van der Waals surface area contributed by atoms with Crippen LogP contribution < -0.4 is 5.32 Å². The smallest absolute Gasteiger partial charge is 0.0857 e. The predicted molar refractivity (Wildman–Crippen MR) is 80.4 cm³/mol. The molecule has 0 spiro atoms. The van der Waals surface area contributed by atoms with E-state index >= 15 is 0 Å². The lowest BCUT2D eigenvalue weighted by atomic mass is 10.1. The molecule has 0 aliphatic carbocycles. The Hall–Kier alpha value is -0.360. The Kier molecular flexibility index (Phi) is 4.84. The van der Waals surface area contributed by atoms with Gasteiger partial charge in [0.2, 0.25) is 0 Å². The molecule has 0 bridgehead atoms. The Labute approximate surface area is 124 Å². The highest BCUT2D eigenvalue weighted by atomic mass is 79.9. The summed E-state index contributed by atoms with van der Waals surface area (Å²) >= 11 is 11.5. The topological polar surface area (TPSA) is 29.9 Å². The Bertz CT molecular complexity index is 504. The molecule has 0 saturated carbocycles. The van der Waals surface area contributed by atoms with Gasteiger partial charge >= 0.3 is 0 Å². The molecule has 0 aliphatic heterocycles. The van der Waals surface area contributed by atoms with Crippen LogP contribution in [0.25, 0.3) is 0 Å². The van der Waals surface area contributed by atoms with E-state index < -0.39 is 0 Å². The summed E-state index contributed by atoms with van der Waals surface area (Å²) in [6, 6.07) is 4.28. The van der Waals surface area contributed by atoms with Gasteiger partial charge in [-0.15, -0.1) is 11.3 Å². The molecule has 3 nitrogen and oxygen atoms in total. The molecular formula is C12H15BrClN3S. The van der Waals surface area contributed by atoms with Crippen LogP contribution in [0.15, 0.2) is 22.1 Å². The number of aryl methyl sites for hydroxylation is 1. The molecule has 2 rings (SSSR count). The summed E-state index contributed by atoms with van der Waals surface area (Å²) in [7, 11) is 1.92. The number of aromatic nitrogens is 2. The standard InChI is InChI=1S/C12H15BrClN3S/c1-3-6-15-11(9-4-5-10(13)18-9)12-8(14)7-16-17(12)2/h4-5,7,11,15H,3,6H2,1-2H3. The van der Waals surface area contributed by atoms with Crippen molar-refractivity contribution in [3.8, 4) is 0 Å². The van der Waals surface area contributed by atoms with Crippen LogP contribution in [0.2, 0.25) is 5.02 Å². The third kappa shape index (κ3) is 2.96. The quantitative estimate of drug-likeness (QED) is 0.885. The van der Waals surface area contributed by atoms with Crippen LogP contribution in [0.1, 0.15) is 30.0 Å². The normalized spacial score (nSPS) is 12.9. The highest BCUT2D eigenvalue weighted by Crippen LogP contribution is 2.33. The van der Waals surface area contributed by atoms with E-state index in [-0.39, 0.29) is 6.04 Å². The first-order valence-electron chi connectivity index (χ1n) is 5.79. The fourth-order valence-corrected chi connectivity index (χ4v) is 3.63. The van der Waals surface area contributed by atoms with E-state index in [0.717, 1.165) is 22.4 Å². The molecule has 1 atom stereocenters. The van der Waals surface area contributed by atoms with Gasteiger partial charge in [0.15, 0.2) is 0 Å². The van der Waals surface area contributed by atoms with Gasteiger partial charge < -0.3 is 5.32 Å². The van der Waals surface area contributed by atoms with E-state index in [0.29, 0.717) is 5.02 Å². The molecule has 0 fully saturated rings. The highest BCUT2D eigenvalue weighted by Gasteiger charge is 2.21. The van der Waals surface area contributed by atoms with Gasteiger partial charge in [-0.25, -0.2) is 0 Å². The van der Waals surface area contributed by atoms with E-state index in [9.17, 15) is 0 Å². The van der Waals surface area contributed by atoms with E-state index in [2.05, 4.69) is 45.4 Å². The molecule has 2 aromatic rings. The molecule has 1 unspecified atom stereocenters. The first-order chi connectivity index (χ1) is 8.63. The Morgan fingerprint density at radius 3 is 2.83 bits per heavy atom. The molecule has 2 aromatic heterocycles. The predicted octanol–water partition coefficient (Wildman–Crippen LogP) is 3.99. The second kappa shape index (κ2) is 6.19. The van der Waals surface area contributed by atoms with Gasteiger partial charge in [0, 0.05) is 11.9 Å². The second-order valence-corrected chi connectivity index (χ2v) is 6.93. The van der Waals surface area contributed by atoms with Crippen LogP contribution in [-0.2, 0) is 7.05 Å². The van der Waals surface area contributed by atoms with Crippen LogP contribution in [0, 0.1) is 0 Å². The molecule has 0 radical (unpaired) electrons. The van der Waals surface area contributed by atoms with Crippen molar-refractivity contribution < 1.29 is 0 Å². The van der Waals surface area contributed by atoms with Crippen LogP contribution in [0.3, 0.4) is 0 Å². The second-order valence-electron chi connectivity index (χ2n) is 4.03. The van der Waals surface area contributed by atoms with Crippen molar-refractivity contribution in [1.29, 1.82) is 0 Å². The minimum atomic E-state index is 0.0984. The number of rotatable bonds is 5. The summed E-state index contributed by atoms with van der Waals surface area (Å²) < 4.78 is 2.96. The number of nitrogens with one attached hydrogen (secondary N) is 1. The van der Waals surface area contributed by atoms with Gasteiger partial charge in [-0.3, -0.25) is 4.68 Å². The van der Waals surface area contributed by atoms with Gasteiger partial charge in [0.05, 0.1) is 26.7 Å². The summed E-state index contributed by atoms with van der Waals surface area (Å²) in [5.41, 5.74) is 1.01. The lowest BCUT2D eigenvalue weighted by Crippen LogP contribution is -2.24. The summed E-state index contributed by atoms with van der Waals surface area (Å²) in [5, 5.41) is 8.45. The zero-order chi connectivity index (χ0) is 13.1. The molecule has 0 aromatic carbocycles. The van der Waals surface area contributed by atoms with Crippen molar-refractivity contribution in [3.63, 3.8) is 0 Å². The molecular weight excluding hydrogens is 334 g/mol. The number of halogens is 2. The Balaban J connectivity index is 2.36. The SMILES string of the molecule is CCCNC(c1ccc(Br)s1)c1c(Cl)cnn1C. The van der Waals surface area contributed by atoms with Gasteiger partial charge in [0.25, 0.3) is 0 Å². The maximum Gasteiger partial charge on any atom is 0.0857 e. The summed E-state index contributed by atoms with van der Waals surface area (Å²) in [5.74, 6) is 0. The largest absolute Gasteiger partial charge is 0.304 e. The summed E-state index contributed by atoms with van der Waals surface area (Å²) in [6.07, 6.45) is 2.78. The first kappa shape index (κ1) is 14.1. The summed E-state index contributed by atoms with van der Waals surface area (Å²) in [6.45, 7) is 3.10. The third-order valence-electron chi connectivity index (χ3n) is 2.69. The monoisotopic (exact) mass is 347 g/mol. The number of hydrogen-bond acceptors (Lipinski definition) is 3. The highest BCUT2D eigenvalue weighted by molar-refractivity contribution is 9.11. The maximum atomic E-state index is 6.25. The molecule has 6 heteroatoms. The van der Waals surface area contributed by atoms with Crippen LogP contribution in [0.4, 0.5) is 0 Å². The van der Waals surface area contributed by atoms with Crippen molar-refractivity contribution in [2.75, 3.05) is 6.54 Å². The average Bonchev–Trinajstić information content (AvgIpc) is 2.90. The van der Waals surface area contributed by atoms with E-state index in [1.54, 1.807) is 17.5 Å². The van der Waals surface area contributed by atoms with Crippen molar-refractivity contribution in [2.24, 2.45) is 7.05 Å². The lowest BCUT2D eigenvalue weighted by molar-refractivity contribution is 0.560. The minimum absolute atomic E-state index is 0.0984. The Morgan fingerprint density at radius 1 is 1.56 bits per heavy atom. The van der Waals surface area contributed by atoms with Crippen LogP contribution in [-0.4, -0.2) is 16.3 Å². The van der Waals surface area contributed by atoms with Gasteiger partial charge in [-0.05, 0) is 41.0 Å². The van der Waals surface area contributed by atoms with Gasteiger partial charge in [0.1, 0.15) is 0 Å². The average molecular weight is 349 g/mol. The van der Waals surface area contributed by atoms with Crippen molar-refractivity contribution in [1.82, 2.24) is 15.1 Å². The molecule has 18 heavy (non-hydrogen) atoms.